The number of halogens is 1. The Hall–Kier alpha value is -1.53. The van der Waals surface area contributed by atoms with Gasteiger partial charge < -0.3 is 4.98 Å². The first-order valence-electron chi connectivity index (χ1n) is 3.76. The molecule has 0 spiro atoms. The molecule has 0 aliphatic rings. The predicted molar refractivity (Wildman–Crippen MR) is 50.6 cm³/mol. The number of imidazole rings is 1. The van der Waals surface area contributed by atoms with E-state index in [4.69, 9.17) is 16.9 Å². The van der Waals surface area contributed by atoms with Crippen molar-refractivity contribution < 1.29 is 0 Å². The number of aromatic nitrogens is 2. The second-order valence-corrected chi connectivity index (χ2v) is 3.19. The van der Waals surface area contributed by atoms with Gasteiger partial charge in [0.25, 0.3) is 0 Å². The number of hydrogen-bond acceptors (Lipinski definition) is 2. The minimum absolute atomic E-state index is 0.446. The Bertz CT molecular complexity index is 507. The third kappa shape index (κ3) is 1.25. The number of nitriles is 1. The third-order valence-corrected chi connectivity index (χ3v) is 2.12. The molecule has 0 bridgehead atoms. The number of nitrogens with one attached hydrogen (secondary N) is 1. The average molecular weight is 192 g/mol. The van der Waals surface area contributed by atoms with Crippen LogP contribution in [0, 0.1) is 18.3 Å². The van der Waals surface area contributed by atoms with Crippen LogP contribution in [0.4, 0.5) is 0 Å². The predicted octanol–water partition coefficient (Wildman–Crippen LogP) is 2.40. The van der Waals surface area contributed by atoms with Crippen LogP contribution in [0.15, 0.2) is 12.1 Å². The van der Waals surface area contributed by atoms with Gasteiger partial charge in [-0.15, -0.1) is 0 Å². The SMILES string of the molecule is Cc1nc2cc(Cl)c(C#N)cc2[nH]1. The summed E-state index contributed by atoms with van der Waals surface area (Å²) >= 11 is 5.84. The minimum atomic E-state index is 0.446. The van der Waals surface area contributed by atoms with Gasteiger partial charge in [0, 0.05) is 0 Å². The second-order valence-electron chi connectivity index (χ2n) is 2.78. The molecule has 0 unspecified atom stereocenters. The van der Waals surface area contributed by atoms with E-state index in [9.17, 15) is 0 Å². The molecule has 64 valence electrons. The fourth-order valence-corrected chi connectivity index (χ4v) is 1.44. The summed E-state index contributed by atoms with van der Waals surface area (Å²) < 4.78 is 0. The van der Waals surface area contributed by atoms with E-state index in [1.165, 1.54) is 0 Å². The molecule has 1 N–H and O–H groups in total. The van der Waals surface area contributed by atoms with Gasteiger partial charge in [0.1, 0.15) is 11.9 Å². The Morgan fingerprint density at radius 1 is 1.54 bits per heavy atom. The summed E-state index contributed by atoms with van der Waals surface area (Å²) in [6.07, 6.45) is 0. The Balaban J connectivity index is 2.82. The number of hydrogen-bond donors (Lipinski definition) is 1. The highest BCUT2D eigenvalue weighted by Gasteiger charge is 2.04. The topological polar surface area (TPSA) is 52.5 Å². The smallest absolute Gasteiger partial charge is 0.104 e. The van der Waals surface area contributed by atoms with Crippen molar-refractivity contribution in [3.05, 3.63) is 28.5 Å². The Morgan fingerprint density at radius 2 is 2.31 bits per heavy atom. The van der Waals surface area contributed by atoms with Crippen molar-refractivity contribution >= 4 is 22.6 Å². The quantitative estimate of drug-likeness (QED) is 0.695. The van der Waals surface area contributed by atoms with E-state index in [0.717, 1.165) is 16.9 Å². The minimum Gasteiger partial charge on any atom is -0.342 e. The lowest BCUT2D eigenvalue weighted by molar-refractivity contribution is 1.17. The summed E-state index contributed by atoms with van der Waals surface area (Å²) in [5.74, 6) is 0.821. The maximum Gasteiger partial charge on any atom is 0.104 e. The van der Waals surface area contributed by atoms with Crippen LogP contribution in [-0.2, 0) is 0 Å². The second kappa shape index (κ2) is 2.75. The van der Waals surface area contributed by atoms with E-state index in [1.54, 1.807) is 12.1 Å². The van der Waals surface area contributed by atoms with Crippen molar-refractivity contribution in [3.8, 4) is 6.07 Å². The summed E-state index contributed by atoms with van der Waals surface area (Å²) in [6.45, 7) is 1.86. The maximum atomic E-state index is 8.72. The molecule has 0 fully saturated rings. The molecule has 1 heterocycles. The summed E-state index contributed by atoms with van der Waals surface area (Å²) in [5, 5.41) is 9.16. The van der Waals surface area contributed by atoms with Crippen molar-refractivity contribution in [2.24, 2.45) is 0 Å². The number of aromatic amines is 1. The number of fused-ring (bicyclic) bond motifs is 1. The third-order valence-electron chi connectivity index (χ3n) is 1.81. The molecule has 4 heteroatoms. The molecule has 0 aliphatic heterocycles. The first kappa shape index (κ1) is 8.09. The van der Waals surface area contributed by atoms with Crippen molar-refractivity contribution in [3.63, 3.8) is 0 Å². The van der Waals surface area contributed by atoms with E-state index >= 15 is 0 Å². The summed E-state index contributed by atoms with van der Waals surface area (Å²) in [7, 11) is 0. The van der Waals surface area contributed by atoms with Crippen LogP contribution < -0.4 is 0 Å². The van der Waals surface area contributed by atoms with Gasteiger partial charge in [0.05, 0.1) is 21.6 Å². The zero-order valence-corrected chi connectivity index (χ0v) is 7.68. The van der Waals surface area contributed by atoms with Crippen molar-refractivity contribution in [2.45, 2.75) is 6.92 Å². The lowest BCUT2D eigenvalue weighted by Gasteiger charge is -1.92. The molecular weight excluding hydrogens is 186 g/mol. The van der Waals surface area contributed by atoms with Gasteiger partial charge in [-0.05, 0) is 19.1 Å². The molecule has 0 radical (unpaired) electrons. The van der Waals surface area contributed by atoms with Crippen LogP contribution in [0.3, 0.4) is 0 Å². The van der Waals surface area contributed by atoms with E-state index in [1.807, 2.05) is 13.0 Å². The molecule has 1 aromatic heterocycles. The van der Waals surface area contributed by atoms with Gasteiger partial charge in [-0.3, -0.25) is 0 Å². The molecule has 0 saturated carbocycles. The first-order valence-corrected chi connectivity index (χ1v) is 4.14. The lowest BCUT2D eigenvalue weighted by atomic mass is 10.2. The van der Waals surface area contributed by atoms with Gasteiger partial charge >= 0.3 is 0 Å². The van der Waals surface area contributed by atoms with Gasteiger partial charge in [-0.25, -0.2) is 4.98 Å². The largest absolute Gasteiger partial charge is 0.342 e. The molecule has 13 heavy (non-hydrogen) atoms. The molecule has 0 saturated heterocycles. The Morgan fingerprint density at radius 3 is 3.00 bits per heavy atom. The number of H-pyrrole nitrogens is 1. The highest BCUT2D eigenvalue weighted by Crippen LogP contribution is 2.21. The fraction of sp³-hybridized carbons (Fsp3) is 0.111. The standard InChI is InChI=1S/C9H6ClN3/c1-5-12-8-2-6(4-11)7(10)3-9(8)13-5/h2-3H,1H3,(H,12,13). The van der Waals surface area contributed by atoms with E-state index < -0.39 is 0 Å². The summed E-state index contributed by atoms with van der Waals surface area (Å²) in [5.41, 5.74) is 2.11. The Labute approximate surface area is 80.0 Å². The molecular formula is C9H6ClN3. The number of aryl methyl sites for hydroxylation is 1. The van der Waals surface area contributed by atoms with Crippen molar-refractivity contribution in [1.82, 2.24) is 9.97 Å². The molecule has 1 aromatic carbocycles. The molecule has 2 aromatic rings. The zero-order chi connectivity index (χ0) is 9.42. The number of benzene rings is 1. The van der Waals surface area contributed by atoms with Crippen LogP contribution in [0.1, 0.15) is 11.4 Å². The summed E-state index contributed by atoms with van der Waals surface area (Å²) in [6, 6.07) is 5.42. The molecule has 2 rings (SSSR count). The normalized spacial score (nSPS) is 10.2. The van der Waals surface area contributed by atoms with E-state index in [2.05, 4.69) is 9.97 Å². The molecule has 3 nitrogen and oxygen atoms in total. The molecule has 0 atom stereocenters. The van der Waals surface area contributed by atoms with Crippen LogP contribution in [0.25, 0.3) is 11.0 Å². The van der Waals surface area contributed by atoms with Crippen molar-refractivity contribution in [2.75, 3.05) is 0 Å². The average Bonchev–Trinajstić information content (AvgIpc) is 2.42. The highest BCUT2D eigenvalue weighted by molar-refractivity contribution is 6.32. The summed E-state index contributed by atoms with van der Waals surface area (Å²) in [4.78, 5) is 7.24. The van der Waals surface area contributed by atoms with Gasteiger partial charge in [-0.1, -0.05) is 11.6 Å². The Kier molecular flexibility index (Phi) is 1.71. The van der Waals surface area contributed by atoms with Crippen LogP contribution >= 0.6 is 11.6 Å². The maximum absolute atomic E-state index is 8.72. The van der Waals surface area contributed by atoms with Gasteiger partial charge in [0.15, 0.2) is 0 Å². The van der Waals surface area contributed by atoms with Crippen molar-refractivity contribution in [1.29, 1.82) is 5.26 Å². The number of rotatable bonds is 0. The van der Waals surface area contributed by atoms with E-state index in [0.29, 0.717) is 10.6 Å². The van der Waals surface area contributed by atoms with Crippen LogP contribution in [-0.4, -0.2) is 9.97 Å². The number of nitrogens with zero attached hydrogens (tertiary/aromatic N) is 2. The monoisotopic (exact) mass is 191 g/mol. The first-order chi connectivity index (χ1) is 6.20. The fourth-order valence-electron chi connectivity index (χ4n) is 1.24. The van der Waals surface area contributed by atoms with Crippen LogP contribution in [0.2, 0.25) is 5.02 Å². The van der Waals surface area contributed by atoms with Gasteiger partial charge in [0.2, 0.25) is 0 Å². The van der Waals surface area contributed by atoms with Gasteiger partial charge in [-0.2, -0.15) is 5.26 Å². The molecule has 0 amide bonds. The molecule has 0 aliphatic carbocycles. The lowest BCUT2D eigenvalue weighted by Crippen LogP contribution is -1.77. The van der Waals surface area contributed by atoms with E-state index in [-0.39, 0.29) is 0 Å². The highest BCUT2D eigenvalue weighted by atomic mass is 35.5. The zero-order valence-electron chi connectivity index (χ0n) is 6.93. The van der Waals surface area contributed by atoms with Crippen LogP contribution in [0.5, 0.6) is 0 Å².